The van der Waals surface area contributed by atoms with E-state index in [1.165, 1.54) is 46.5 Å². The molecule has 12 rings (SSSR count). The van der Waals surface area contributed by atoms with Crippen LogP contribution in [0.5, 0.6) is 11.5 Å². The van der Waals surface area contributed by atoms with Gasteiger partial charge in [-0.15, -0.1) is 0 Å². The fraction of sp³-hybridized carbons (Fsp3) is 0.143. The van der Waals surface area contributed by atoms with Crippen LogP contribution in [0.1, 0.15) is 85.7 Å². The van der Waals surface area contributed by atoms with Crippen LogP contribution in [0.3, 0.4) is 0 Å². The van der Waals surface area contributed by atoms with E-state index in [4.69, 9.17) is 26.2 Å². The summed E-state index contributed by atoms with van der Waals surface area (Å²) in [6, 6.07) is 39.2. The number of nitrogens with zero attached hydrogens (tertiary/aromatic N) is 4. The van der Waals surface area contributed by atoms with Gasteiger partial charge in [0, 0.05) is 31.3 Å². The van der Waals surface area contributed by atoms with E-state index in [1.807, 2.05) is 30.5 Å². The molecule has 5 nitrogen and oxygen atoms in total. The lowest BCUT2D eigenvalue weighted by molar-refractivity contribution is -0.571. The molecule has 3 aromatic heterocycles. The average molecular weight is 989 g/mol. The molecule has 5 heteroatoms. The van der Waals surface area contributed by atoms with Crippen LogP contribution in [-0.2, 0) is 10.8 Å². The van der Waals surface area contributed by atoms with E-state index in [-0.39, 0.29) is 72.1 Å². The van der Waals surface area contributed by atoms with Crippen molar-refractivity contribution in [1.29, 1.82) is 0 Å². The first-order valence-electron chi connectivity index (χ1n) is 32.7. The highest BCUT2D eigenvalue weighted by atomic mass is 16.5. The quantitative estimate of drug-likeness (QED) is 0.107. The molecular formula is C70H60N4O. The van der Waals surface area contributed by atoms with Gasteiger partial charge in [0.25, 0.3) is 6.33 Å². The first-order valence-corrected chi connectivity index (χ1v) is 24.7. The summed E-state index contributed by atoms with van der Waals surface area (Å²) >= 11 is 0. The van der Waals surface area contributed by atoms with Gasteiger partial charge >= 0.3 is 0 Å². The molecule has 366 valence electrons. The summed E-state index contributed by atoms with van der Waals surface area (Å²) in [4.78, 5) is 4.93. The van der Waals surface area contributed by atoms with Crippen molar-refractivity contribution in [2.75, 3.05) is 0 Å². The zero-order valence-corrected chi connectivity index (χ0v) is 42.2. The molecule has 0 spiro atoms. The summed E-state index contributed by atoms with van der Waals surface area (Å²) in [7, 11) is 0. The van der Waals surface area contributed by atoms with Gasteiger partial charge in [-0.05, 0) is 152 Å². The third-order valence-electron chi connectivity index (χ3n) is 13.8. The van der Waals surface area contributed by atoms with E-state index in [1.54, 1.807) is 47.0 Å². The molecule has 0 fully saturated rings. The van der Waals surface area contributed by atoms with Crippen molar-refractivity contribution in [2.45, 2.75) is 66.1 Å². The van der Waals surface area contributed by atoms with Crippen LogP contribution in [-0.4, -0.2) is 14.1 Å². The lowest BCUT2D eigenvalue weighted by Crippen LogP contribution is -2.31. The summed E-state index contributed by atoms with van der Waals surface area (Å²) in [5.74, 6) is 1.53. The number of rotatable bonds is 9. The SMILES string of the molecule is [2H]c1c([2H])c([2H])c(-c2cccc(-c3c([2H])c([2H])c([2H])c([2H])c3[2H])c2-[n+]2[c-]n(-c3cccc(Oc4ccc5c6cc(-c7ccc(C(C)(C)C)cc7)ccc6n(-c6cc(C(C)(C)C)ccn6)c5c4)c3)c3cc(-c4c(C([2H])([2H])[2H])cccc4C([2H])([2H])[2H])ccc32)c([2H])c1[2H]. The van der Waals surface area contributed by atoms with Gasteiger partial charge < -0.3 is 4.74 Å². The maximum atomic E-state index is 9.23. The molecule has 3 heterocycles. The number of fused-ring (bicyclic) bond motifs is 4. The summed E-state index contributed by atoms with van der Waals surface area (Å²) < 4.78 is 153. The number of para-hydroxylation sites is 1. The molecule has 75 heavy (non-hydrogen) atoms. The summed E-state index contributed by atoms with van der Waals surface area (Å²) in [5.41, 5.74) is 6.09. The van der Waals surface area contributed by atoms with E-state index >= 15 is 0 Å². The van der Waals surface area contributed by atoms with Crippen LogP contribution in [0.2, 0.25) is 0 Å². The Hall–Kier alpha value is -8.80. The zero-order chi connectivity index (χ0) is 65.3. The molecule has 0 N–H and O–H groups in total. The van der Waals surface area contributed by atoms with Crippen LogP contribution in [0, 0.1) is 20.0 Å². The Kier molecular flexibility index (Phi) is 8.03. The fourth-order valence-electron chi connectivity index (χ4n) is 9.93. The predicted molar refractivity (Wildman–Crippen MR) is 311 cm³/mol. The highest BCUT2D eigenvalue weighted by Gasteiger charge is 2.23. The molecule has 0 atom stereocenters. The third-order valence-corrected chi connectivity index (χ3v) is 13.8. The molecule has 0 saturated carbocycles. The van der Waals surface area contributed by atoms with E-state index in [0.29, 0.717) is 23.0 Å². The zero-order valence-electron chi connectivity index (χ0n) is 58.2. The van der Waals surface area contributed by atoms with Crippen molar-refractivity contribution in [3.05, 3.63) is 247 Å². The number of benzene rings is 9. The van der Waals surface area contributed by atoms with E-state index < -0.39 is 74.1 Å². The number of pyridine rings is 1. The summed E-state index contributed by atoms with van der Waals surface area (Å²) in [6.45, 7) is 7.49. The van der Waals surface area contributed by atoms with Crippen molar-refractivity contribution >= 4 is 32.8 Å². The Morgan fingerprint density at radius 3 is 1.84 bits per heavy atom. The lowest BCUT2D eigenvalue weighted by atomic mass is 9.86. The molecule has 0 aliphatic rings. The topological polar surface area (TPSA) is 35.9 Å². The van der Waals surface area contributed by atoms with E-state index in [0.717, 1.165) is 38.5 Å². The van der Waals surface area contributed by atoms with Crippen LogP contribution < -0.4 is 9.30 Å². The highest BCUT2D eigenvalue weighted by molar-refractivity contribution is 6.10. The molecule has 0 bridgehead atoms. The number of ether oxygens (including phenoxy) is 1. The van der Waals surface area contributed by atoms with E-state index in [2.05, 4.69) is 101 Å². The van der Waals surface area contributed by atoms with Gasteiger partial charge in [0.05, 0.1) is 47.1 Å². The van der Waals surface area contributed by atoms with Gasteiger partial charge in [-0.2, -0.15) is 0 Å². The number of imidazole rings is 1. The van der Waals surface area contributed by atoms with Crippen LogP contribution in [0.25, 0.3) is 94.5 Å². The van der Waals surface area contributed by atoms with Gasteiger partial charge in [-0.1, -0.05) is 187 Å². The number of aryl methyl sites for hydroxylation is 2. The monoisotopic (exact) mass is 989 g/mol. The van der Waals surface area contributed by atoms with Crippen molar-refractivity contribution in [3.63, 3.8) is 0 Å². The van der Waals surface area contributed by atoms with Crippen molar-refractivity contribution in [1.82, 2.24) is 14.1 Å². The normalized spacial score (nSPS) is 15.4. The smallest absolute Gasteiger partial charge is 0.269 e. The molecular weight excluding hydrogens is 913 g/mol. The molecule has 0 aliphatic carbocycles. The Morgan fingerprint density at radius 1 is 0.520 bits per heavy atom. The predicted octanol–water partition coefficient (Wildman–Crippen LogP) is 17.9. The van der Waals surface area contributed by atoms with Gasteiger partial charge in [-0.3, -0.25) is 13.7 Å². The largest absolute Gasteiger partial charge is 0.458 e. The lowest BCUT2D eigenvalue weighted by Gasteiger charge is -2.20. The Bertz CT molecular complexity index is 4790. The Labute approximate surface area is 463 Å². The molecule has 0 amide bonds. The molecule has 0 radical (unpaired) electrons. The van der Waals surface area contributed by atoms with Crippen LogP contribution >= 0.6 is 0 Å². The first kappa shape index (κ1) is 32.4. The van der Waals surface area contributed by atoms with E-state index in [9.17, 15) is 5.48 Å². The van der Waals surface area contributed by atoms with Crippen molar-refractivity contribution in [3.8, 4) is 73.2 Å². The van der Waals surface area contributed by atoms with Crippen LogP contribution in [0.4, 0.5) is 0 Å². The minimum absolute atomic E-state index is 0.000627. The first-order chi connectivity index (χ1) is 42.8. The second-order valence-corrected chi connectivity index (χ2v) is 20.7. The fourth-order valence-corrected chi connectivity index (χ4v) is 9.93. The van der Waals surface area contributed by atoms with Gasteiger partial charge in [-0.25, -0.2) is 4.98 Å². The molecule has 12 aromatic rings. The molecule has 0 unspecified atom stereocenters. The second-order valence-electron chi connectivity index (χ2n) is 20.7. The third kappa shape index (κ3) is 8.78. The number of hydrogen-bond acceptors (Lipinski definition) is 2. The average Bonchev–Trinajstić information content (AvgIpc) is 1.70. The summed E-state index contributed by atoms with van der Waals surface area (Å²) in [5, 5.41) is 1.96. The van der Waals surface area contributed by atoms with Gasteiger partial charge in [0.1, 0.15) is 17.3 Å². The Balaban J connectivity index is 1.09. The number of aromatic nitrogens is 4. The van der Waals surface area contributed by atoms with Crippen molar-refractivity contribution in [2.24, 2.45) is 0 Å². The standard InChI is InChI=1S/C70H60N4O/c1-46-18-15-19-47(2)67(46)52-31-37-63-65(41-52)72(45-73(63)68-58(49-20-11-9-12-21-49)26-17-27-59(68)50-22-13-10-14-23-50)55-24-16-25-56(43-55)75-57-34-35-60-61-40-51(48-28-32-53(33-29-48)69(3,4)5)30-36-62(61)74(64(60)44-57)66-42-54(38-39-71-66)70(6,7)8/h9-44H,1-8H3/i1D3,2D3,9D,10D,11D,12D,13D,14D,20D,21D,22D,23D. The molecule has 0 aliphatic heterocycles. The second kappa shape index (κ2) is 18.6. The summed E-state index contributed by atoms with van der Waals surface area (Å²) in [6.07, 6.45) is 5.23. The molecule has 9 aromatic carbocycles. The highest BCUT2D eigenvalue weighted by Crippen LogP contribution is 2.40. The minimum atomic E-state index is -2.78. The minimum Gasteiger partial charge on any atom is -0.458 e. The van der Waals surface area contributed by atoms with Crippen molar-refractivity contribution < 1.29 is 31.2 Å². The molecule has 0 saturated heterocycles. The van der Waals surface area contributed by atoms with Crippen LogP contribution in [0.15, 0.2) is 218 Å². The maximum absolute atomic E-state index is 9.23. The van der Waals surface area contributed by atoms with Gasteiger partial charge in [0.2, 0.25) is 0 Å². The number of hydrogen-bond donors (Lipinski definition) is 0. The maximum Gasteiger partial charge on any atom is 0.269 e. The van der Waals surface area contributed by atoms with Gasteiger partial charge in [0.15, 0.2) is 0 Å². The Morgan fingerprint density at radius 2 is 1.16 bits per heavy atom.